The van der Waals surface area contributed by atoms with Gasteiger partial charge in [0.2, 0.25) is 0 Å². The van der Waals surface area contributed by atoms with Gasteiger partial charge >= 0.3 is 0 Å². The SMILES string of the molecule is CC(C)(C)c1ccc(N2CC3CC(CN(Cc4ccccc4)C3)C2)cc1. The molecule has 2 unspecified atom stereocenters. The minimum Gasteiger partial charge on any atom is -0.371 e. The van der Waals surface area contributed by atoms with Crippen molar-refractivity contribution in [1.82, 2.24) is 4.90 Å². The van der Waals surface area contributed by atoms with Crippen LogP contribution in [0.25, 0.3) is 0 Å². The molecule has 2 aromatic carbocycles. The van der Waals surface area contributed by atoms with E-state index in [1.54, 1.807) is 0 Å². The lowest BCUT2D eigenvalue weighted by Gasteiger charge is -2.46. The van der Waals surface area contributed by atoms with Gasteiger partial charge in [0.25, 0.3) is 0 Å². The van der Waals surface area contributed by atoms with Gasteiger partial charge in [0.1, 0.15) is 0 Å². The summed E-state index contributed by atoms with van der Waals surface area (Å²) in [5.74, 6) is 1.60. The summed E-state index contributed by atoms with van der Waals surface area (Å²) < 4.78 is 0. The van der Waals surface area contributed by atoms with Crippen LogP contribution in [0.5, 0.6) is 0 Å². The van der Waals surface area contributed by atoms with Gasteiger partial charge in [-0.25, -0.2) is 0 Å². The van der Waals surface area contributed by atoms with Crippen LogP contribution in [0.4, 0.5) is 5.69 Å². The third-order valence-electron chi connectivity index (χ3n) is 6.00. The van der Waals surface area contributed by atoms with Gasteiger partial charge in [0.15, 0.2) is 0 Å². The van der Waals surface area contributed by atoms with Gasteiger partial charge in [0.05, 0.1) is 0 Å². The second-order valence-corrected chi connectivity index (χ2v) is 9.35. The lowest BCUT2D eigenvalue weighted by Crippen LogP contribution is -2.52. The Morgan fingerprint density at radius 2 is 1.42 bits per heavy atom. The van der Waals surface area contributed by atoms with Crippen LogP contribution in [0.15, 0.2) is 54.6 Å². The normalized spacial score (nSPS) is 23.9. The molecule has 0 radical (unpaired) electrons. The maximum Gasteiger partial charge on any atom is 0.0366 e. The van der Waals surface area contributed by atoms with Crippen molar-refractivity contribution >= 4 is 5.69 Å². The molecule has 0 aromatic heterocycles. The largest absolute Gasteiger partial charge is 0.371 e. The van der Waals surface area contributed by atoms with Crippen molar-refractivity contribution < 1.29 is 0 Å². The van der Waals surface area contributed by atoms with Crippen LogP contribution in [0.2, 0.25) is 0 Å². The molecule has 2 nitrogen and oxygen atoms in total. The van der Waals surface area contributed by atoms with Crippen molar-refractivity contribution in [2.24, 2.45) is 11.8 Å². The maximum atomic E-state index is 2.67. The molecule has 138 valence electrons. The monoisotopic (exact) mass is 348 g/mol. The van der Waals surface area contributed by atoms with Gasteiger partial charge in [0, 0.05) is 38.4 Å². The zero-order valence-electron chi connectivity index (χ0n) is 16.5. The van der Waals surface area contributed by atoms with Crippen LogP contribution in [-0.2, 0) is 12.0 Å². The van der Waals surface area contributed by atoms with Crippen LogP contribution in [0.3, 0.4) is 0 Å². The molecule has 2 aromatic rings. The van der Waals surface area contributed by atoms with Gasteiger partial charge in [-0.2, -0.15) is 0 Å². The molecule has 0 amide bonds. The Morgan fingerprint density at radius 1 is 0.808 bits per heavy atom. The van der Waals surface area contributed by atoms with Gasteiger partial charge < -0.3 is 4.90 Å². The van der Waals surface area contributed by atoms with Crippen LogP contribution in [-0.4, -0.2) is 31.1 Å². The highest BCUT2D eigenvalue weighted by atomic mass is 15.2. The molecule has 2 aliphatic rings. The summed E-state index contributed by atoms with van der Waals surface area (Å²) in [6.07, 6.45) is 1.40. The molecule has 2 fully saturated rings. The fourth-order valence-corrected chi connectivity index (χ4v) is 4.74. The predicted molar refractivity (Wildman–Crippen MR) is 111 cm³/mol. The Kier molecular flexibility index (Phi) is 4.79. The van der Waals surface area contributed by atoms with Crippen molar-refractivity contribution in [3.8, 4) is 0 Å². The second-order valence-electron chi connectivity index (χ2n) is 9.35. The van der Waals surface area contributed by atoms with Gasteiger partial charge in [-0.3, -0.25) is 4.90 Å². The van der Waals surface area contributed by atoms with Crippen molar-refractivity contribution in [1.29, 1.82) is 0 Å². The quantitative estimate of drug-likeness (QED) is 0.775. The van der Waals surface area contributed by atoms with E-state index in [1.165, 1.54) is 49.4 Å². The zero-order valence-corrected chi connectivity index (χ0v) is 16.5. The number of likely N-dealkylation sites (tertiary alicyclic amines) is 1. The summed E-state index contributed by atoms with van der Waals surface area (Å²) in [6.45, 7) is 12.9. The minimum atomic E-state index is 0.231. The Bertz CT molecular complexity index is 700. The summed E-state index contributed by atoms with van der Waals surface area (Å²) in [7, 11) is 0. The molecule has 2 bridgehead atoms. The van der Waals surface area contributed by atoms with Gasteiger partial charge in [-0.15, -0.1) is 0 Å². The first-order valence-corrected chi connectivity index (χ1v) is 10.1. The van der Waals surface area contributed by atoms with E-state index in [0.29, 0.717) is 0 Å². The van der Waals surface area contributed by atoms with Crippen LogP contribution in [0.1, 0.15) is 38.3 Å². The molecule has 0 N–H and O–H groups in total. The molecule has 0 spiro atoms. The summed E-state index contributed by atoms with van der Waals surface area (Å²) in [4.78, 5) is 5.30. The van der Waals surface area contributed by atoms with E-state index >= 15 is 0 Å². The fourth-order valence-electron chi connectivity index (χ4n) is 4.74. The van der Waals surface area contributed by atoms with Crippen molar-refractivity contribution in [2.45, 2.75) is 39.2 Å². The van der Waals surface area contributed by atoms with Crippen molar-refractivity contribution in [3.63, 3.8) is 0 Å². The number of anilines is 1. The van der Waals surface area contributed by atoms with Gasteiger partial charge in [-0.1, -0.05) is 63.2 Å². The summed E-state index contributed by atoms with van der Waals surface area (Å²) in [5, 5.41) is 0. The zero-order chi connectivity index (χ0) is 18.1. The lowest BCUT2D eigenvalue weighted by molar-refractivity contribution is 0.103. The number of piperidine rings is 2. The summed E-state index contributed by atoms with van der Waals surface area (Å²) >= 11 is 0. The van der Waals surface area contributed by atoms with E-state index in [-0.39, 0.29) is 5.41 Å². The number of rotatable bonds is 3. The third kappa shape index (κ3) is 3.96. The number of hydrogen-bond acceptors (Lipinski definition) is 2. The molecule has 4 rings (SSSR count). The standard InChI is InChI=1S/C24H32N2/c1-24(2,3)22-9-11-23(12-10-22)26-17-20-13-21(18-26)16-25(15-20)14-19-7-5-4-6-8-19/h4-12,20-21H,13-18H2,1-3H3. The van der Waals surface area contributed by atoms with Gasteiger partial charge in [-0.05, 0) is 46.9 Å². The first kappa shape index (κ1) is 17.6. The molecular weight excluding hydrogens is 316 g/mol. The molecule has 26 heavy (non-hydrogen) atoms. The topological polar surface area (TPSA) is 6.48 Å². The highest BCUT2D eigenvalue weighted by molar-refractivity contribution is 5.49. The highest BCUT2D eigenvalue weighted by Crippen LogP contribution is 2.33. The molecule has 0 saturated carbocycles. The smallest absolute Gasteiger partial charge is 0.0366 e. The van der Waals surface area contributed by atoms with E-state index in [9.17, 15) is 0 Å². The number of hydrogen-bond donors (Lipinski definition) is 0. The average molecular weight is 349 g/mol. The van der Waals surface area contributed by atoms with E-state index in [0.717, 1.165) is 18.4 Å². The third-order valence-corrected chi connectivity index (χ3v) is 6.00. The van der Waals surface area contributed by atoms with E-state index in [2.05, 4.69) is 85.2 Å². The Hall–Kier alpha value is -1.80. The first-order valence-electron chi connectivity index (χ1n) is 10.1. The second kappa shape index (κ2) is 7.08. The van der Waals surface area contributed by atoms with E-state index in [4.69, 9.17) is 0 Å². The molecule has 2 heteroatoms. The van der Waals surface area contributed by atoms with Crippen LogP contribution < -0.4 is 4.90 Å². The Morgan fingerprint density at radius 3 is 2.00 bits per heavy atom. The molecule has 2 heterocycles. The highest BCUT2D eigenvalue weighted by Gasteiger charge is 2.34. The summed E-state index contributed by atoms with van der Waals surface area (Å²) in [6, 6.07) is 20.2. The molecule has 2 saturated heterocycles. The van der Waals surface area contributed by atoms with Crippen molar-refractivity contribution in [2.75, 3.05) is 31.1 Å². The number of nitrogens with zero attached hydrogens (tertiary/aromatic N) is 2. The molecule has 2 aliphatic heterocycles. The predicted octanol–water partition coefficient (Wildman–Crippen LogP) is 4.94. The molecular formula is C24H32N2. The van der Waals surface area contributed by atoms with Crippen LogP contribution >= 0.6 is 0 Å². The number of fused-ring (bicyclic) bond motifs is 2. The lowest BCUT2D eigenvalue weighted by atomic mass is 9.83. The maximum absolute atomic E-state index is 2.67. The van der Waals surface area contributed by atoms with Crippen molar-refractivity contribution in [3.05, 3.63) is 65.7 Å². The first-order chi connectivity index (χ1) is 12.5. The van der Waals surface area contributed by atoms with Crippen LogP contribution in [0, 0.1) is 11.8 Å². The Balaban J connectivity index is 1.40. The Labute approximate surface area is 158 Å². The number of benzene rings is 2. The fraction of sp³-hybridized carbons (Fsp3) is 0.500. The van der Waals surface area contributed by atoms with E-state index in [1.807, 2.05) is 0 Å². The minimum absolute atomic E-state index is 0.231. The summed E-state index contributed by atoms with van der Waals surface area (Å²) in [5.41, 5.74) is 4.51. The van der Waals surface area contributed by atoms with E-state index < -0.39 is 0 Å². The molecule has 2 atom stereocenters. The molecule has 0 aliphatic carbocycles. The average Bonchev–Trinajstić information content (AvgIpc) is 2.61.